The fourth-order valence-electron chi connectivity index (χ4n) is 6.74. The van der Waals surface area contributed by atoms with Crippen molar-refractivity contribution >= 4 is 5.97 Å². The number of aliphatic hydroxyl groups excluding tert-OH is 1. The minimum atomic E-state index is -0.682. The third-order valence-electron chi connectivity index (χ3n) is 8.22. The maximum Gasteiger partial charge on any atom is 0.302 e. The number of aliphatic hydroxyl groups is 1. The molecular weight excluding hydrogens is 328 g/mol. The fraction of sp³-hybridized carbons (Fsp3) is 0.864. The Morgan fingerprint density at radius 2 is 1.81 bits per heavy atom. The normalized spacial score (nSPS) is 50.3. The van der Waals surface area contributed by atoms with Crippen molar-refractivity contribution in [3.05, 3.63) is 12.7 Å². The van der Waals surface area contributed by atoms with Crippen LogP contribution in [0.5, 0.6) is 0 Å². The van der Waals surface area contributed by atoms with Crippen molar-refractivity contribution in [2.45, 2.75) is 97.1 Å². The second-order valence-electron chi connectivity index (χ2n) is 10.2. The minimum Gasteiger partial charge on any atom is -0.462 e. The first kappa shape index (κ1) is 19.9. The van der Waals surface area contributed by atoms with Crippen molar-refractivity contribution in [3.63, 3.8) is 0 Å². The van der Waals surface area contributed by atoms with Crippen LogP contribution in [0.15, 0.2) is 12.7 Å². The van der Waals surface area contributed by atoms with Crippen molar-refractivity contribution in [3.8, 4) is 0 Å². The number of fused-ring (bicyclic) bond motifs is 3. The Hall–Kier alpha value is -0.870. The Kier molecular flexibility index (Phi) is 4.64. The van der Waals surface area contributed by atoms with Crippen LogP contribution in [-0.4, -0.2) is 34.5 Å². The third-order valence-corrected chi connectivity index (χ3v) is 8.22. The van der Waals surface area contributed by atoms with Gasteiger partial charge in [-0.25, -0.2) is 0 Å². The maximum absolute atomic E-state index is 11.6. The van der Waals surface area contributed by atoms with E-state index in [1.165, 1.54) is 6.92 Å². The number of hydrogen-bond acceptors (Lipinski definition) is 4. The smallest absolute Gasteiger partial charge is 0.302 e. The summed E-state index contributed by atoms with van der Waals surface area (Å²) < 4.78 is 12.2. The summed E-state index contributed by atoms with van der Waals surface area (Å²) in [5, 5.41) is 10.8. The molecule has 148 valence electrons. The lowest BCUT2D eigenvalue weighted by Gasteiger charge is -2.66. The molecule has 0 aromatic carbocycles. The predicted octanol–water partition coefficient (Wildman–Crippen LogP) is 4.26. The summed E-state index contributed by atoms with van der Waals surface area (Å²) >= 11 is 0. The van der Waals surface area contributed by atoms with E-state index in [0.29, 0.717) is 5.92 Å². The van der Waals surface area contributed by atoms with Gasteiger partial charge in [0.15, 0.2) is 0 Å². The molecule has 0 unspecified atom stereocenters. The van der Waals surface area contributed by atoms with E-state index in [1.54, 1.807) is 6.08 Å². The van der Waals surface area contributed by atoms with Crippen LogP contribution in [0.25, 0.3) is 0 Å². The highest BCUT2D eigenvalue weighted by Gasteiger charge is 2.65. The molecule has 7 atom stereocenters. The van der Waals surface area contributed by atoms with Crippen LogP contribution >= 0.6 is 0 Å². The first-order valence-corrected chi connectivity index (χ1v) is 10.1. The van der Waals surface area contributed by atoms with Crippen molar-refractivity contribution < 1.29 is 19.4 Å². The molecule has 2 saturated carbocycles. The van der Waals surface area contributed by atoms with Gasteiger partial charge in [-0.2, -0.15) is 0 Å². The van der Waals surface area contributed by atoms with Crippen molar-refractivity contribution in [2.24, 2.45) is 22.7 Å². The molecule has 0 spiro atoms. The van der Waals surface area contributed by atoms with Gasteiger partial charge in [0.05, 0.1) is 11.7 Å². The van der Waals surface area contributed by atoms with Crippen LogP contribution in [0.2, 0.25) is 0 Å². The largest absolute Gasteiger partial charge is 0.462 e. The molecule has 0 aromatic heterocycles. The molecule has 3 fully saturated rings. The van der Waals surface area contributed by atoms with Crippen LogP contribution in [0.3, 0.4) is 0 Å². The zero-order valence-corrected chi connectivity index (χ0v) is 17.3. The van der Waals surface area contributed by atoms with Gasteiger partial charge in [-0.05, 0) is 63.2 Å². The molecule has 4 heteroatoms. The molecule has 0 bridgehead atoms. The van der Waals surface area contributed by atoms with Crippen LogP contribution in [0, 0.1) is 22.7 Å². The zero-order valence-electron chi connectivity index (χ0n) is 17.3. The molecule has 26 heavy (non-hydrogen) atoms. The highest BCUT2D eigenvalue weighted by molar-refractivity contribution is 5.66. The van der Waals surface area contributed by atoms with E-state index < -0.39 is 11.7 Å². The van der Waals surface area contributed by atoms with Crippen molar-refractivity contribution in [2.75, 3.05) is 0 Å². The van der Waals surface area contributed by atoms with Gasteiger partial charge in [-0.15, -0.1) is 6.58 Å². The predicted molar refractivity (Wildman–Crippen MR) is 102 cm³/mol. The van der Waals surface area contributed by atoms with Gasteiger partial charge in [-0.1, -0.05) is 26.8 Å². The Balaban J connectivity index is 1.94. The Morgan fingerprint density at radius 3 is 2.38 bits per heavy atom. The summed E-state index contributed by atoms with van der Waals surface area (Å²) in [6.45, 7) is 16.4. The molecule has 1 saturated heterocycles. The van der Waals surface area contributed by atoms with Gasteiger partial charge in [0.1, 0.15) is 11.7 Å². The number of hydrogen-bond donors (Lipinski definition) is 1. The summed E-state index contributed by atoms with van der Waals surface area (Å²) in [5.74, 6) is 0.537. The minimum absolute atomic E-state index is 0.0321. The summed E-state index contributed by atoms with van der Waals surface area (Å²) in [7, 11) is 0. The van der Waals surface area contributed by atoms with Crippen LogP contribution in [0.1, 0.15) is 73.6 Å². The van der Waals surface area contributed by atoms with E-state index in [0.717, 1.165) is 32.1 Å². The summed E-state index contributed by atoms with van der Waals surface area (Å²) in [4.78, 5) is 11.6. The molecule has 0 radical (unpaired) electrons. The lowest BCUT2D eigenvalue weighted by Crippen LogP contribution is -2.67. The number of rotatable bonds is 2. The average Bonchev–Trinajstić information content (AvgIpc) is 2.52. The van der Waals surface area contributed by atoms with E-state index in [9.17, 15) is 9.90 Å². The number of carbonyl (C=O) groups is 1. The van der Waals surface area contributed by atoms with E-state index in [4.69, 9.17) is 9.47 Å². The van der Waals surface area contributed by atoms with E-state index in [2.05, 4.69) is 34.3 Å². The molecule has 0 amide bonds. The van der Waals surface area contributed by atoms with Gasteiger partial charge >= 0.3 is 5.97 Å². The second-order valence-corrected chi connectivity index (χ2v) is 10.2. The molecule has 3 rings (SSSR count). The summed E-state index contributed by atoms with van der Waals surface area (Å²) in [6, 6.07) is 0. The number of ether oxygens (including phenoxy) is 2. The molecule has 0 aromatic rings. The highest BCUT2D eigenvalue weighted by Crippen LogP contribution is 2.65. The Bertz CT molecular complexity index is 599. The lowest BCUT2D eigenvalue weighted by molar-refractivity contribution is -0.288. The summed E-state index contributed by atoms with van der Waals surface area (Å²) in [5.41, 5.74) is -0.947. The number of esters is 1. The van der Waals surface area contributed by atoms with Crippen LogP contribution in [0.4, 0.5) is 0 Å². The van der Waals surface area contributed by atoms with Crippen LogP contribution < -0.4 is 0 Å². The summed E-state index contributed by atoms with van der Waals surface area (Å²) in [6.07, 6.45) is 5.82. The van der Waals surface area contributed by atoms with E-state index in [1.807, 2.05) is 6.92 Å². The Morgan fingerprint density at radius 1 is 1.15 bits per heavy atom. The molecule has 3 aliphatic rings. The quantitative estimate of drug-likeness (QED) is 0.588. The molecule has 1 heterocycles. The lowest BCUT2D eigenvalue weighted by atomic mass is 9.43. The SMILES string of the molecule is C=C[C@]1(C)O[C@@]2(C)CC[C@@H]3C(C)(C)[C@H](OC(C)=O)CC[C@@]3(C)[C@@H]2C[C@@H]1O. The van der Waals surface area contributed by atoms with Gasteiger partial charge in [-0.3, -0.25) is 4.79 Å². The molecular formula is C22H36O4. The molecule has 1 N–H and O–H groups in total. The van der Waals surface area contributed by atoms with E-state index in [-0.39, 0.29) is 34.4 Å². The van der Waals surface area contributed by atoms with Crippen LogP contribution in [-0.2, 0) is 14.3 Å². The maximum atomic E-state index is 11.6. The van der Waals surface area contributed by atoms with Gasteiger partial charge in [0.25, 0.3) is 0 Å². The topological polar surface area (TPSA) is 55.8 Å². The number of carbonyl (C=O) groups excluding carboxylic acids is 1. The molecule has 1 aliphatic heterocycles. The third kappa shape index (κ3) is 2.75. The molecule has 2 aliphatic carbocycles. The fourth-order valence-corrected chi connectivity index (χ4v) is 6.74. The standard InChI is InChI=1S/C22H36O4/c1-8-21(6)17(24)13-16-20(5)11-10-18(25-14(2)23)19(3,4)15(20)9-12-22(16,7)26-21/h8,15-18,24H,1,9-13H2,2-7H3/t15-,16+,17+,18-,20-,21+,22+/m1/s1. The monoisotopic (exact) mass is 364 g/mol. The van der Waals surface area contributed by atoms with Gasteiger partial charge in [0.2, 0.25) is 0 Å². The van der Waals surface area contributed by atoms with Gasteiger partial charge in [0, 0.05) is 12.3 Å². The van der Waals surface area contributed by atoms with Crippen molar-refractivity contribution in [1.82, 2.24) is 0 Å². The second kappa shape index (κ2) is 6.07. The van der Waals surface area contributed by atoms with Crippen molar-refractivity contribution in [1.29, 1.82) is 0 Å². The Labute approximate surface area is 158 Å². The average molecular weight is 365 g/mol. The first-order valence-electron chi connectivity index (χ1n) is 10.1. The first-order chi connectivity index (χ1) is 11.9. The molecule has 4 nitrogen and oxygen atoms in total. The van der Waals surface area contributed by atoms with Gasteiger partial charge < -0.3 is 14.6 Å². The van der Waals surface area contributed by atoms with E-state index >= 15 is 0 Å². The zero-order chi connectivity index (χ0) is 19.5. The highest BCUT2D eigenvalue weighted by atomic mass is 16.5.